The second kappa shape index (κ2) is 8.85. The number of hydrogen-bond acceptors (Lipinski definition) is 4. The Labute approximate surface area is 155 Å². The molecule has 0 bridgehead atoms. The molecule has 27 heavy (non-hydrogen) atoms. The van der Waals surface area contributed by atoms with Crippen LogP contribution in [0.5, 0.6) is 11.5 Å². The fourth-order valence-corrected chi connectivity index (χ4v) is 1.98. The lowest BCUT2D eigenvalue weighted by molar-refractivity contribution is -0.361. The van der Waals surface area contributed by atoms with E-state index in [1.165, 1.54) is 19.2 Å². The molecule has 1 N–H and O–H groups in total. The molecule has 1 aromatic carbocycles. The summed E-state index contributed by atoms with van der Waals surface area (Å²) in [4.78, 5) is 0. The smallest absolute Gasteiger partial charge is 0.462 e. The molecule has 0 aliphatic rings. The van der Waals surface area contributed by atoms with Crippen molar-refractivity contribution in [1.82, 2.24) is 5.43 Å². The highest BCUT2D eigenvalue weighted by Gasteiger charge is 2.73. The van der Waals surface area contributed by atoms with Gasteiger partial charge in [0.25, 0.3) is 0 Å². The topological polar surface area (TPSA) is 42.8 Å². The Morgan fingerprint density at radius 3 is 2.30 bits per heavy atom. The zero-order valence-corrected chi connectivity index (χ0v) is 14.9. The van der Waals surface area contributed by atoms with Gasteiger partial charge < -0.3 is 9.47 Å². The van der Waals surface area contributed by atoms with Crippen LogP contribution in [0.1, 0.15) is 25.3 Å². The van der Waals surface area contributed by atoms with Gasteiger partial charge in [-0.25, -0.2) is 5.43 Å². The second-order valence-corrected chi connectivity index (χ2v) is 5.66. The van der Waals surface area contributed by atoms with Crippen molar-refractivity contribution in [1.29, 1.82) is 0 Å². The molecule has 0 unspecified atom stereocenters. The van der Waals surface area contributed by atoms with Crippen LogP contribution in [0, 0.1) is 0 Å². The highest BCUT2D eigenvalue weighted by atomic mass is 35.5. The van der Waals surface area contributed by atoms with Crippen LogP contribution < -0.4 is 14.9 Å². The Kier molecular flexibility index (Phi) is 7.58. The van der Waals surface area contributed by atoms with Crippen molar-refractivity contribution in [2.45, 2.75) is 37.9 Å². The number of methoxy groups -OCH3 is 1. The molecule has 0 amide bonds. The molecule has 12 heteroatoms. The number of benzene rings is 1. The van der Waals surface area contributed by atoms with Crippen LogP contribution in [0.4, 0.5) is 30.7 Å². The van der Waals surface area contributed by atoms with Crippen LogP contribution in [-0.4, -0.2) is 38.1 Å². The summed E-state index contributed by atoms with van der Waals surface area (Å²) in [6, 6.07) is -3.23. The van der Waals surface area contributed by atoms with Crippen LogP contribution >= 0.6 is 11.6 Å². The maximum absolute atomic E-state index is 13.1. The fraction of sp³-hybridized carbons (Fsp3) is 0.533. The van der Waals surface area contributed by atoms with E-state index in [2.05, 4.69) is 5.10 Å². The van der Waals surface area contributed by atoms with Crippen molar-refractivity contribution in [3.05, 3.63) is 22.7 Å². The number of rotatable bonds is 9. The highest BCUT2D eigenvalue weighted by Crippen LogP contribution is 2.45. The first-order valence-electron chi connectivity index (χ1n) is 7.50. The van der Waals surface area contributed by atoms with Gasteiger partial charge in [-0.15, -0.1) is 0 Å². The number of ether oxygens (including phenoxy) is 2. The number of hydrazone groups is 1. The summed E-state index contributed by atoms with van der Waals surface area (Å²) in [5, 5.41) is 2.77. The third kappa shape index (κ3) is 5.53. The van der Waals surface area contributed by atoms with Crippen molar-refractivity contribution in [2.24, 2.45) is 5.10 Å². The molecule has 0 spiro atoms. The molecular formula is C15H16ClF7N2O2. The van der Waals surface area contributed by atoms with Gasteiger partial charge in [-0.3, -0.25) is 0 Å². The van der Waals surface area contributed by atoms with E-state index in [1.807, 2.05) is 6.92 Å². The number of alkyl halides is 7. The van der Waals surface area contributed by atoms with Crippen molar-refractivity contribution < 1.29 is 40.2 Å². The van der Waals surface area contributed by atoms with Gasteiger partial charge in [-0.05, 0) is 24.1 Å². The Morgan fingerprint density at radius 2 is 1.78 bits per heavy atom. The molecular weight excluding hydrogens is 409 g/mol. The number of nitrogens with one attached hydrogen (secondary N) is 1. The SMILES string of the molecule is CCCCOc1c(Cl)cc(/C=N/NC(F)(F)C(F)(F)C(F)(F)F)cc1OC. The molecule has 4 nitrogen and oxygen atoms in total. The molecule has 0 aliphatic carbocycles. The van der Waals surface area contributed by atoms with Crippen LogP contribution in [0.3, 0.4) is 0 Å². The Morgan fingerprint density at radius 1 is 1.15 bits per heavy atom. The normalized spacial score (nSPS) is 13.1. The molecule has 0 radical (unpaired) electrons. The quantitative estimate of drug-likeness (QED) is 0.194. The highest BCUT2D eigenvalue weighted by molar-refractivity contribution is 6.32. The number of unbranched alkanes of at least 4 members (excludes halogenated alkanes) is 1. The number of nitrogens with zero attached hydrogens (tertiary/aromatic N) is 1. The van der Waals surface area contributed by atoms with Gasteiger partial charge in [0.2, 0.25) is 0 Å². The van der Waals surface area contributed by atoms with E-state index in [9.17, 15) is 30.7 Å². The van der Waals surface area contributed by atoms with Crippen LogP contribution in [0.15, 0.2) is 17.2 Å². The summed E-state index contributed by atoms with van der Waals surface area (Å²) in [6.45, 7) is 2.27. The lowest BCUT2D eigenvalue weighted by Crippen LogP contribution is -2.58. The first-order chi connectivity index (χ1) is 12.4. The average Bonchev–Trinajstić information content (AvgIpc) is 2.55. The van der Waals surface area contributed by atoms with E-state index >= 15 is 0 Å². The lowest BCUT2D eigenvalue weighted by Gasteiger charge is -2.27. The predicted octanol–water partition coefficient (Wildman–Crippen LogP) is 5.24. The Balaban J connectivity index is 2.97. The summed E-state index contributed by atoms with van der Waals surface area (Å²) in [7, 11) is 1.27. The molecule has 0 aliphatic heterocycles. The molecule has 1 aromatic rings. The zero-order valence-electron chi connectivity index (χ0n) is 14.1. The van der Waals surface area contributed by atoms with E-state index in [1.54, 1.807) is 0 Å². The third-order valence-electron chi connectivity index (χ3n) is 3.17. The molecule has 0 saturated carbocycles. The summed E-state index contributed by atoms with van der Waals surface area (Å²) in [5.74, 6) is -6.04. The lowest BCUT2D eigenvalue weighted by atomic mass is 10.2. The van der Waals surface area contributed by atoms with Crippen molar-refractivity contribution in [3.8, 4) is 11.5 Å². The molecule has 0 atom stereocenters. The van der Waals surface area contributed by atoms with E-state index in [4.69, 9.17) is 21.1 Å². The van der Waals surface area contributed by atoms with Crippen LogP contribution in [0.25, 0.3) is 0 Å². The van der Waals surface area contributed by atoms with E-state index in [-0.39, 0.29) is 22.1 Å². The first-order valence-corrected chi connectivity index (χ1v) is 7.88. The molecule has 0 heterocycles. The van der Waals surface area contributed by atoms with Crippen molar-refractivity contribution in [2.75, 3.05) is 13.7 Å². The maximum atomic E-state index is 13.1. The molecule has 0 fully saturated rings. The summed E-state index contributed by atoms with van der Waals surface area (Å²) >= 11 is 5.99. The first kappa shape index (κ1) is 23.1. The summed E-state index contributed by atoms with van der Waals surface area (Å²) in [6.07, 6.45) is -4.28. The fourth-order valence-electron chi connectivity index (χ4n) is 1.71. The van der Waals surface area contributed by atoms with Gasteiger partial charge in [0, 0.05) is 0 Å². The maximum Gasteiger partial charge on any atom is 0.462 e. The van der Waals surface area contributed by atoms with Gasteiger partial charge in [-0.1, -0.05) is 24.9 Å². The second-order valence-electron chi connectivity index (χ2n) is 5.25. The van der Waals surface area contributed by atoms with Crippen molar-refractivity contribution >= 4 is 17.8 Å². The Bertz CT molecular complexity index is 666. The standard InChI is InChI=1S/C15H16ClF7N2O2/c1-3-4-5-27-12-10(16)6-9(7-11(12)26-2)8-24-25-15(22,23)13(17,18)14(19,20)21/h6-8,25H,3-5H2,1-2H3/b24-8+. The summed E-state index contributed by atoms with van der Waals surface area (Å²) < 4.78 is 98.3. The van der Waals surface area contributed by atoms with E-state index in [0.717, 1.165) is 12.8 Å². The molecule has 0 saturated heterocycles. The number of halogens is 8. The minimum absolute atomic E-state index is 0.00156. The van der Waals surface area contributed by atoms with E-state index in [0.29, 0.717) is 18.2 Å². The summed E-state index contributed by atoms with van der Waals surface area (Å²) in [5.41, 5.74) is 0.517. The van der Waals surface area contributed by atoms with Gasteiger partial charge >= 0.3 is 18.1 Å². The predicted molar refractivity (Wildman–Crippen MR) is 85.1 cm³/mol. The van der Waals surface area contributed by atoms with Gasteiger partial charge in [0.05, 0.1) is 25.0 Å². The van der Waals surface area contributed by atoms with Crippen molar-refractivity contribution in [3.63, 3.8) is 0 Å². The molecule has 1 rings (SSSR count). The minimum atomic E-state index is -6.46. The van der Waals surface area contributed by atoms with Crippen LogP contribution in [-0.2, 0) is 0 Å². The minimum Gasteiger partial charge on any atom is -0.493 e. The largest absolute Gasteiger partial charge is 0.493 e. The third-order valence-corrected chi connectivity index (χ3v) is 3.45. The molecule has 154 valence electrons. The van der Waals surface area contributed by atoms with Gasteiger partial charge in [0.1, 0.15) is 0 Å². The van der Waals surface area contributed by atoms with Gasteiger partial charge in [-0.2, -0.15) is 35.8 Å². The molecule has 0 aromatic heterocycles. The average molecular weight is 425 g/mol. The monoisotopic (exact) mass is 424 g/mol. The Hall–Kier alpha value is -1.91. The van der Waals surface area contributed by atoms with Crippen LogP contribution in [0.2, 0.25) is 5.02 Å². The van der Waals surface area contributed by atoms with E-state index < -0.39 is 18.1 Å². The number of hydrogen-bond donors (Lipinski definition) is 1. The zero-order chi connectivity index (χ0) is 20.9. The van der Waals surface area contributed by atoms with Gasteiger partial charge in [0.15, 0.2) is 11.5 Å².